The standard InChI is InChI=1S/C20H19ClN2O2.ClH/c1-3-10-25-20(24)14-4-7-16(8-5-14)23-19-11-13(2)22-18-9-6-15(21)12-17(18)19;/h4-9,11-12H,3,10H2,1-2H3,(H,22,23);1H. The predicted octanol–water partition coefficient (Wildman–Crippen LogP) is 5.93. The highest BCUT2D eigenvalue weighted by Gasteiger charge is 2.08. The van der Waals surface area contributed by atoms with Crippen molar-refractivity contribution in [2.75, 3.05) is 11.9 Å². The van der Waals surface area contributed by atoms with Gasteiger partial charge >= 0.3 is 5.97 Å². The third-order valence-electron chi connectivity index (χ3n) is 3.74. The fourth-order valence-corrected chi connectivity index (χ4v) is 2.73. The lowest BCUT2D eigenvalue weighted by Gasteiger charge is -2.12. The van der Waals surface area contributed by atoms with Crippen molar-refractivity contribution in [3.05, 3.63) is 64.8 Å². The van der Waals surface area contributed by atoms with Crippen molar-refractivity contribution in [3.8, 4) is 0 Å². The number of nitrogens with one attached hydrogen (secondary N) is 1. The first-order valence-corrected chi connectivity index (χ1v) is 8.55. The van der Waals surface area contributed by atoms with Gasteiger partial charge in [-0.15, -0.1) is 12.4 Å². The molecule has 0 fully saturated rings. The van der Waals surface area contributed by atoms with Crippen LogP contribution in [-0.4, -0.2) is 17.6 Å². The summed E-state index contributed by atoms with van der Waals surface area (Å²) in [5, 5.41) is 4.98. The molecule has 0 aliphatic heterocycles. The summed E-state index contributed by atoms with van der Waals surface area (Å²) in [5.41, 5.74) is 4.13. The second kappa shape index (κ2) is 8.88. The monoisotopic (exact) mass is 390 g/mol. The fourth-order valence-electron chi connectivity index (χ4n) is 2.56. The molecule has 3 aromatic rings. The molecule has 0 unspecified atom stereocenters. The molecule has 0 spiro atoms. The number of fused-ring (bicyclic) bond motifs is 1. The number of esters is 1. The molecule has 3 rings (SSSR count). The summed E-state index contributed by atoms with van der Waals surface area (Å²) in [6.45, 7) is 4.35. The fraction of sp³-hybridized carbons (Fsp3) is 0.200. The van der Waals surface area contributed by atoms with Crippen LogP contribution in [0.3, 0.4) is 0 Å². The number of aromatic nitrogens is 1. The SMILES string of the molecule is CCCOC(=O)c1ccc(Nc2cc(C)nc3ccc(Cl)cc23)cc1.Cl. The normalized spacial score (nSPS) is 10.3. The number of halogens is 2. The van der Waals surface area contributed by atoms with E-state index in [1.807, 2.05) is 50.2 Å². The smallest absolute Gasteiger partial charge is 0.338 e. The van der Waals surface area contributed by atoms with E-state index in [0.29, 0.717) is 17.2 Å². The lowest BCUT2D eigenvalue weighted by molar-refractivity contribution is 0.0505. The molecular formula is C20H20Cl2N2O2. The Balaban J connectivity index is 0.00000243. The number of aryl methyl sites for hydroxylation is 1. The number of anilines is 2. The van der Waals surface area contributed by atoms with Crippen LogP contribution in [0.5, 0.6) is 0 Å². The van der Waals surface area contributed by atoms with Crippen LogP contribution in [0, 0.1) is 6.92 Å². The summed E-state index contributed by atoms with van der Waals surface area (Å²) >= 11 is 6.12. The molecule has 2 aromatic carbocycles. The van der Waals surface area contributed by atoms with E-state index in [9.17, 15) is 4.79 Å². The molecule has 136 valence electrons. The van der Waals surface area contributed by atoms with Gasteiger partial charge in [-0.3, -0.25) is 4.98 Å². The van der Waals surface area contributed by atoms with Gasteiger partial charge in [-0.1, -0.05) is 18.5 Å². The van der Waals surface area contributed by atoms with Gasteiger partial charge in [0.05, 0.1) is 17.7 Å². The molecule has 0 saturated carbocycles. The van der Waals surface area contributed by atoms with Crippen LogP contribution in [-0.2, 0) is 4.74 Å². The van der Waals surface area contributed by atoms with Crippen molar-refractivity contribution in [2.45, 2.75) is 20.3 Å². The molecule has 1 N–H and O–H groups in total. The summed E-state index contributed by atoms with van der Waals surface area (Å²) in [5.74, 6) is -0.301. The van der Waals surface area contributed by atoms with Gasteiger partial charge in [-0.25, -0.2) is 4.79 Å². The van der Waals surface area contributed by atoms with Gasteiger partial charge in [-0.2, -0.15) is 0 Å². The summed E-state index contributed by atoms with van der Waals surface area (Å²) in [6.07, 6.45) is 0.808. The van der Waals surface area contributed by atoms with E-state index in [1.54, 1.807) is 12.1 Å². The summed E-state index contributed by atoms with van der Waals surface area (Å²) in [7, 11) is 0. The highest BCUT2D eigenvalue weighted by molar-refractivity contribution is 6.31. The van der Waals surface area contributed by atoms with Crippen molar-refractivity contribution in [1.82, 2.24) is 4.98 Å². The molecule has 26 heavy (non-hydrogen) atoms. The van der Waals surface area contributed by atoms with E-state index >= 15 is 0 Å². The van der Waals surface area contributed by atoms with Crippen molar-refractivity contribution in [2.24, 2.45) is 0 Å². The summed E-state index contributed by atoms with van der Waals surface area (Å²) in [6, 6.07) is 14.8. The topological polar surface area (TPSA) is 51.2 Å². The van der Waals surface area contributed by atoms with E-state index in [-0.39, 0.29) is 18.4 Å². The molecule has 0 saturated heterocycles. The van der Waals surface area contributed by atoms with Crippen LogP contribution in [0.4, 0.5) is 11.4 Å². The second-order valence-electron chi connectivity index (χ2n) is 5.81. The minimum atomic E-state index is -0.301. The van der Waals surface area contributed by atoms with Gasteiger partial charge in [0.2, 0.25) is 0 Å². The Hall–Kier alpha value is -2.30. The number of benzene rings is 2. The van der Waals surface area contributed by atoms with Gasteiger partial charge in [0.15, 0.2) is 0 Å². The molecule has 1 aromatic heterocycles. The first kappa shape index (κ1) is 20.0. The number of pyridine rings is 1. The largest absolute Gasteiger partial charge is 0.462 e. The van der Waals surface area contributed by atoms with Crippen molar-refractivity contribution < 1.29 is 9.53 Å². The lowest BCUT2D eigenvalue weighted by Crippen LogP contribution is -2.05. The van der Waals surface area contributed by atoms with E-state index in [2.05, 4.69) is 10.3 Å². The number of carbonyl (C=O) groups excluding carboxylic acids is 1. The molecular weight excluding hydrogens is 371 g/mol. The maximum Gasteiger partial charge on any atom is 0.338 e. The molecule has 0 atom stereocenters. The molecule has 0 aliphatic rings. The number of nitrogens with zero attached hydrogens (tertiary/aromatic N) is 1. The molecule has 0 bridgehead atoms. The van der Waals surface area contributed by atoms with E-state index in [1.165, 1.54) is 0 Å². The molecule has 0 radical (unpaired) electrons. The van der Waals surface area contributed by atoms with Crippen LogP contribution < -0.4 is 5.32 Å². The Bertz CT molecular complexity index is 912. The predicted molar refractivity (Wildman–Crippen MR) is 109 cm³/mol. The number of carbonyl (C=O) groups is 1. The highest BCUT2D eigenvalue weighted by atomic mass is 35.5. The molecule has 0 aliphatic carbocycles. The zero-order valence-electron chi connectivity index (χ0n) is 14.6. The lowest BCUT2D eigenvalue weighted by atomic mass is 10.1. The van der Waals surface area contributed by atoms with Crippen LogP contribution >= 0.6 is 24.0 Å². The molecule has 1 heterocycles. The first-order chi connectivity index (χ1) is 12.1. The third kappa shape index (κ3) is 4.65. The zero-order chi connectivity index (χ0) is 17.8. The number of rotatable bonds is 5. The minimum absolute atomic E-state index is 0. The minimum Gasteiger partial charge on any atom is -0.462 e. The second-order valence-corrected chi connectivity index (χ2v) is 6.25. The Morgan fingerprint density at radius 1 is 1.15 bits per heavy atom. The van der Waals surface area contributed by atoms with E-state index < -0.39 is 0 Å². The van der Waals surface area contributed by atoms with Crippen LogP contribution in [0.1, 0.15) is 29.4 Å². The van der Waals surface area contributed by atoms with Crippen LogP contribution in [0.25, 0.3) is 10.9 Å². The number of ether oxygens (including phenoxy) is 1. The van der Waals surface area contributed by atoms with Gasteiger partial charge in [0.1, 0.15) is 0 Å². The zero-order valence-corrected chi connectivity index (χ0v) is 16.2. The van der Waals surface area contributed by atoms with Gasteiger partial charge in [0.25, 0.3) is 0 Å². The maximum absolute atomic E-state index is 11.9. The van der Waals surface area contributed by atoms with Crippen molar-refractivity contribution in [1.29, 1.82) is 0 Å². The maximum atomic E-state index is 11.9. The van der Waals surface area contributed by atoms with Crippen LogP contribution in [0.15, 0.2) is 48.5 Å². The average Bonchev–Trinajstić information content (AvgIpc) is 2.61. The Morgan fingerprint density at radius 2 is 1.88 bits per heavy atom. The van der Waals surface area contributed by atoms with E-state index in [0.717, 1.165) is 34.4 Å². The summed E-state index contributed by atoms with van der Waals surface area (Å²) in [4.78, 5) is 16.4. The molecule has 4 nitrogen and oxygen atoms in total. The van der Waals surface area contributed by atoms with E-state index in [4.69, 9.17) is 16.3 Å². The third-order valence-corrected chi connectivity index (χ3v) is 3.97. The Labute approximate surface area is 163 Å². The van der Waals surface area contributed by atoms with Crippen molar-refractivity contribution in [3.63, 3.8) is 0 Å². The van der Waals surface area contributed by atoms with Gasteiger partial charge in [0, 0.05) is 27.5 Å². The highest BCUT2D eigenvalue weighted by Crippen LogP contribution is 2.28. The van der Waals surface area contributed by atoms with Crippen molar-refractivity contribution >= 4 is 52.3 Å². The van der Waals surface area contributed by atoms with Gasteiger partial charge in [-0.05, 0) is 61.9 Å². The Morgan fingerprint density at radius 3 is 2.58 bits per heavy atom. The average molecular weight is 391 g/mol. The number of hydrogen-bond acceptors (Lipinski definition) is 4. The Kier molecular flexibility index (Phi) is 6.83. The first-order valence-electron chi connectivity index (χ1n) is 8.18. The number of hydrogen-bond donors (Lipinski definition) is 1. The molecule has 6 heteroatoms. The quantitative estimate of drug-likeness (QED) is 0.548. The summed E-state index contributed by atoms with van der Waals surface area (Å²) < 4.78 is 5.14. The molecule has 0 amide bonds. The van der Waals surface area contributed by atoms with Gasteiger partial charge < -0.3 is 10.1 Å². The van der Waals surface area contributed by atoms with Crippen LogP contribution in [0.2, 0.25) is 5.02 Å².